The lowest BCUT2D eigenvalue weighted by Gasteiger charge is -2.29. The van der Waals surface area contributed by atoms with Crippen LogP contribution in [0.25, 0.3) is 0 Å². The molecule has 1 heterocycles. The molecule has 0 aliphatic carbocycles. The summed E-state index contributed by atoms with van der Waals surface area (Å²) in [6.07, 6.45) is 0. The number of halogens is 1. The molecule has 0 bridgehead atoms. The molecule has 1 saturated heterocycles. The molecule has 1 atom stereocenters. The lowest BCUT2D eigenvalue weighted by atomic mass is 9.90. The van der Waals surface area contributed by atoms with E-state index in [-0.39, 0.29) is 5.56 Å². The van der Waals surface area contributed by atoms with Crippen LogP contribution in [-0.4, -0.2) is 35.8 Å². The first-order chi connectivity index (χ1) is 7.90. The normalized spacial score (nSPS) is 24.7. The summed E-state index contributed by atoms with van der Waals surface area (Å²) in [6, 6.07) is 5.57. The zero-order valence-electron chi connectivity index (χ0n) is 9.90. The van der Waals surface area contributed by atoms with E-state index in [4.69, 9.17) is 0 Å². The van der Waals surface area contributed by atoms with Crippen LogP contribution in [0.15, 0.2) is 24.3 Å². The topological polar surface area (TPSA) is 40.6 Å². The van der Waals surface area contributed by atoms with Crippen LogP contribution in [0.3, 0.4) is 0 Å². The first-order valence-corrected chi connectivity index (χ1v) is 5.21. The molecule has 0 aromatic heterocycles. The van der Waals surface area contributed by atoms with Gasteiger partial charge in [-0.3, -0.25) is 9.69 Å². The molecular formula is C12H13FN2O2. The predicted molar refractivity (Wildman–Crippen MR) is 59.7 cm³/mol. The second-order valence-corrected chi connectivity index (χ2v) is 4.26. The maximum atomic E-state index is 13.8. The van der Waals surface area contributed by atoms with Crippen LogP contribution >= 0.6 is 0 Å². The van der Waals surface area contributed by atoms with Crippen LogP contribution in [0.5, 0.6) is 0 Å². The van der Waals surface area contributed by atoms with E-state index in [1.807, 2.05) is 0 Å². The number of benzene rings is 1. The molecule has 1 aliphatic heterocycles. The standard InChI is InChI=1S/C12H13FN2O2/c1-12(8-6-4-5-7-9(8)13)10(16)14(2)11(17)15(12)3/h4-7H,1-3H3. The van der Waals surface area contributed by atoms with Gasteiger partial charge in [-0.1, -0.05) is 18.2 Å². The van der Waals surface area contributed by atoms with Crippen molar-refractivity contribution >= 4 is 11.9 Å². The molecule has 1 fully saturated rings. The Morgan fingerprint density at radius 2 is 1.76 bits per heavy atom. The molecule has 5 heteroatoms. The summed E-state index contributed by atoms with van der Waals surface area (Å²) >= 11 is 0. The van der Waals surface area contributed by atoms with E-state index < -0.39 is 23.3 Å². The van der Waals surface area contributed by atoms with E-state index in [0.29, 0.717) is 0 Å². The van der Waals surface area contributed by atoms with Gasteiger partial charge in [-0.05, 0) is 13.0 Å². The SMILES string of the molecule is CN1C(=O)N(C)C(C)(c2ccccc2F)C1=O. The van der Waals surface area contributed by atoms with E-state index in [2.05, 4.69) is 0 Å². The summed E-state index contributed by atoms with van der Waals surface area (Å²) in [7, 11) is 2.89. The monoisotopic (exact) mass is 236 g/mol. The van der Waals surface area contributed by atoms with E-state index in [1.165, 1.54) is 31.1 Å². The van der Waals surface area contributed by atoms with Crippen molar-refractivity contribution in [2.45, 2.75) is 12.5 Å². The third kappa shape index (κ3) is 1.35. The molecule has 0 saturated carbocycles. The van der Waals surface area contributed by atoms with Gasteiger partial charge in [0.2, 0.25) is 0 Å². The van der Waals surface area contributed by atoms with Crippen molar-refractivity contribution in [2.24, 2.45) is 0 Å². The first-order valence-electron chi connectivity index (χ1n) is 5.21. The maximum Gasteiger partial charge on any atom is 0.327 e. The lowest BCUT2D eigenvalue weighted by Crippen LogP contribution is -2.42. The number of likely N-dealkylation sites (N-methyl/N-ethyl adjacent to an activating group) is 2. The molecular weight excluding hydrogens is 223 g/mol. The number of carbonyl (C=O) groups excluding carboxylic acids is 2. The minimum atomic E-state index is -1.27. The minimum Gasteiger partial charge on any atom is -0.309 e. The van der Waals surface area contributed by atoms with Gasteiger partial charge < -0.3 is 4.90 Å². The number of rotatable bonds is 1. The second kappa shape index (κ2) is 3.55. The van der Waals surface area contributed by atoms with Crippen molar-refractivity contribution in [1.29, 1.82) is 0 Å². The van der Waals surface area contributed by atoms with Gasteiger partial charge in [0.25, 0.3) is 5.91 Å². The van der Waals surface area contributed by atoms with Crippen molar-refractivity contribution in [3.05, 3.63) is 35.6 Å². The van der Waals surface area contributed by atoms with Crippen LogP contribution in [0.4, 0.5) is 9.18 Å². The third-order valence-corrected chi connectivity index (χ3v) is 3.36. The molecule has 90 valence electrons. The molecule has 3 amide bonds. The number of nitrogens with zero attached hydrogens (tertiary/aromatic N) is 2. The fraction of sp³-hybridized carbons (Fsp3) is 0.333. The Morgan fingerprint density at radius 3 is 2.24 bits per heavy atom. The number of imide groups is 1. The van der Waals surface area contributed by atoms with Crippen LogP contribution in [0, 0.1) is 5.82 Å². The molecule has 0 radical (unpaired) electrons. The highest BCUT2D eigenvalue weighted by molar-refractivity contribution is 6.06. The second-order valence-electron chi connectivity index (χ2n) is 4.26. The molecule has 1 aromatic rings. The quantitative estimate of drug-likeness (QED) is 0.694. The van der Waals surface area contributed by atoms with Crippen LogP contribution in [-0.2, 0) is 10.3 Å². The summed E-state index contributed by atoms with van der Waals surface area (Å²) in [5, 5.41) is 0. The maximum absolute atomic E-state index is 13.8. The Balaban J connectivity index is 2.61. The van der Waals surface area contributed by atoms with E-state index in [9.17, 15) is 14.0 Å². The number of urea groups is 1. The fourth-order valence-electron chi connectivity index (χ4n) is 2.13. The van der Waals surface area contributed by atoms with E-state index >= 15 is 0 Å². The fourth-order valence-corrected chi connectivity index (χ4v) is 2.13. The molecule has 1 aliphatic rings. The Morgan fingerprint density at radius 1 is 1.18 bits per heavy atom. The van der Waals surface area contributed by atoms with Crippen LogP contribution in [0.2, 0.25) is 0 Å². The van der Waals surface area contributed by atoms with E-state index in [0.717, 1.165) is 4.90 Å². The van der Waals surface area contributed by atoms with Gasteiger partial charge >= 0.3 is 6.03 Å². The summed E-state index contributed by atoms with van der Waals surface area (Å²) in [5.74, 6) is -0.909. The molecule has 4 nitrogen and oxygen atoms in total. The summed E-state index contributed by atoms with van der Waals surface area (Å²) in [4.78, 5) is 26.1. The summed E-state index contributed by atoms with van der Waals surface area (Å²) < 4.78 is 13.8. The molecule has 0 spiro atoms. The molecule has 0 N–H and O–H groups in total. The van der Waals surface area contributed by atoms with Crippen molar-refractivity contribution < 1.29 is 14.0 Å². The first kappa shape index (κ1) is 11.6. The molecule has 1 unspecified atom stereocenters. The number of hydrogen-bond donors (Lipinski definition) is 0. The van der Waals surface area contributed by atoms with Crippen molar-refractivity contribution in [1.82, 2.24) is 9.80 Å². The van der Waals surface area contributed by atoms with Gasteiger partial charge in [-0.2, -0.15) is 0 Å². The van der Waals surface area contributed by atoms with E-state index in [1.54, 1.807) is 19.1 Å². The summed E-state index contributed by atoms with van der Waals surface area (Å²) in [5.41, 5.74) is -1.05. The zero-order valence-corrected chi connectivity index (χ0v) is 9.90. The molecule has 1 aromatic carbocycles. The Labute approximate surface area is 98.6 Å². The Hall–Kier alpha value is -1.91. The largest absolute Gasteiger partial charge is 0.327 e. The Bertz CT molecular complexity index is 503. The number of carbonyl (C=O) groups is 2. The van der Waals surface area contributed by atoms with Gasteiger partial charge in [0, 0.05) is 19.7 Å². The van der Waals surface area contributed by atoms with Crippen LogP contribution in [0.1, 0.15) is 12.5 Å². The zero-order chi connectivity index (χ0) is 12.8. The molecule has 2 rings (SSSR count). The average Bonchev–Trinajstić information content (AvgIpc) is 2.47. The van der Waals surface area contributed by atoms with Crippen molar-refractivity contribution in [3.63, 3.8) is 0 Å². The van der Waals surface area contributed by atoms with Crippen molar-refractivity contribution in [3.8, 4) is 0 Å². The Kier molecular flexibility index (Phi) is 2.41. The van der Waals surface area contributed by atoms with Crippen molar-refractivity contribution in [2.75, 3.05) is 14.1 Å². The highest BCUT2D eigenvalue weighted by atomic mass is 19.1. The minimum absolute atomic E-state index is 0.213. The van der Waals surface area contributed by atoms with Crippen LogP contribution < -0.4 is 0 Å². The predicted octanol–water partition coefficient (Wildman–Crippen LogP) is 1.56. The lowest BCUT2D eigenvalue weighted by molar-refractivity contribution is -0.132. The third-order valence-electron chi connectivity index (χ3n) is 3.36. The highest BCUT2D eigenvalue weighted by Gasteiger charge is 2.53. The van der Waals surface area contributed by atoms with Gasteiger partial charge in [-0.25, -0.2) is 9.18 Å². The van der Waals surface area contributed by atoms with Gasteiger partial charge in [0.1, 0.15) is 11.4 Å². The average molecular weight is 236 g/mol. The highest BCUT2D eigenvalue weighted by Crippen LogP contribution is 2.36. The van der Waals surface area contributed by atoms with Gasteiger partial charge in [0.15, 0.2) is 0 Å². The van der Waals surface area contributed by atoms with Gasteiger partial charge in [0.05, 0.1) is 0 Å². The number of hydrogen-bond acceptors (Lipinski definition) is 2. The number of amides is 3. The smallest absolute Gasteiger partial charge is 0.309 e. The summed E-state index contributed by atoms with van der Waals surface area (Å²) in [6.45, 7) is 1.55. The molecule has 17 heavy (non-hydrogen) atoms. The van der Waals surface area contributed by atoms with Gasteiger partial charge in [-0.15, -0.1) is 0 Å².